The second-order valence-corrected chi connectivity index (χ2v) is 3.65. The molecule has 1 aromatic carbocycles. The minimum Gasteiger partial charge on any atom is -0.339 e. The number of nitro benzene ring substituents is 1. The van der Waals surface area contributed by atoms with Crippen LogP contribution in [0.5, 0.6) is 0 Å². The highest BCUT2D eigenvalue weighted by atomic mass is 35.5. The standard InChI is InChI=1S/C11H9ClN4O2/c12-8-9-1-2-10(11(7-9)16(17)18)15(5-3-13)6-4-14/h1-2,7H,5-6,8H2. The lowest BCUT2D eigenvalue weighted by Crippen LogP contribution is -2.24. The third-order valence-electron chi connectivity index (χ3n) is 2.25. The summed E-state index contributed by atoms with van der Waals surface area (Å²) in [7, 11) is 0. The van der Waals surface area contributed by atoms with Crippen LogP contribution in [0, 0.1) is 32.8 Å². The van der Waals surface area contributed by atoms with Crippen LogP contribution in [0.1, 0.15) is 5.56 Å². The molecule has 0 saturated heterocycles. The molecular formula is C11H9ClN4O2. The van der Waals surface area contributed by atoms with Gasteiger partial charge in [-0.25, -0.2) is 0 Å². The van der Waals surface area contributed by atoms with Crippen molar-refractivity contribution >= 4 is 23.0 Å². The number of anilines is 1. The molecule has 0 aromatic heterocycles. The highest BCUT2D eigenvalue weighted by molar-refractivity contribution is 6.17. The Morgan fingerprint density at radius 3 is 2.39 bits per heavy atom. The number of hydrogen-bond acceptors (Lipinski definition) is 5. The van der Waals surface area contributed by atoms with Gasteiger partial charge in [0.05, 0.1) is 17.1 Å². The lowest BCUT2D eigenvalue weighted by atomic mass is 10.1. The molecule has 0 radical (unpaired) electrons. The number of halogens is 1. The van der Waals surface area contributed by atoms with Crippen LogP contribution in [0.4, 0.5) is 11.4 Å². The molecule has 1 rings (SSSR count). The fraction of sp³-hybridized carbons (Fsp3) is 0.273. The Morgan fingerprint density at radius 1 is 1.33 bits per heavy atom. The van der Waals surface area contributed by atoms with Crippen molar-refractivity contribution in [1.29, 1.82) is 10.5 Å². The number of benzene rings is 1. The Hall–Kier alpha value is -2.31. The second-order valence-electron chi connectivity index (χ2n) is 3.39. The van der Waals surface area contributed by atoms with Crippen LogP contribution in [-0.4, -0.2) is 18.0 Å². The maximum Gasteiger partial charge on any atom is 0.292 e. The second kappa shape index (κ2) is 6.43. The SMILES string of the molecule is N#CCN(CC#N)c1ccc(CCl)cc1[N+](=O)[O-]. The molecule has 0 saturated carbocycles. The van der Waals surface area contributed by atoms with Crippen molar-refractivity contribution in [2.24, 2.45) is 0 Å². The molecule has 0 heterocycles. The largest absolute Gasteiger partial charge is 0.339 e. The summed E-state index contributed by atoms with van der Waals surface area (Å²) in [6.07, 6.45) is 0. The van der Waals surface area contributed by atoms with Gasteiger partial charge in [0.15, 0.2) is 0 Å². The van der Waals surface area contributed by atoms with Gasteiger partial charge in [-0.2, -0.15) is 10.5 Å². The molecule has 7 heteroatoms. The predicted octanol–water partition coefficient (Wildman–Crippen LogP) is 2.19. The molecule has 0 N–H and O–H groups in total. The molecule has 0 aliphatic rings. The predicted molar refractivity (Wildman–Crippen MR) is 66.1 cm³/mol. The summed E-state index contributed by atoms with van der Waals surface area (Å²) in [6.45, 7) is -0.177. The van der Waals surface area contributed by atoms with Gasteiger partial charge in [-0.3, -0.25) is 10.1 Å². The molecule has 6 nitrogen and oxygen atoms in total. The monoisotopic (exact) mass is 264 g/mol. The quantitative estimate of drug-likeness (QED) is 0.352. The number of nitro groups is 1. The lowest BCUT2D eigenvalue weighted by molar-refractivity contribution is -0.384. The molecule has 0 unspecified atom stereocenters. The molecule has 0 aliphatic heterocycles. The highest BCUT2D eigenvalue weighted by Gasteiger charge is 2.19. The minimum atomic E-state index is -0.548. The van der Waals surface area contributed by atoms with Crippen LogP contribution >= 0.6 is 11.6 Å². The number of alkyl halides is 1. The Kier molecular flexibility index (Phi) is 4.91. The van der Waals surface area contributed by atoms with Gasteiger partial charge in [0.25, 0.3) is 5.69 Å². The van der Waals surface area contributed by atoms with E-state index in [2.05, 4.69) is 0 Å². The van der Waals surface area contributed by atoms with Gasteiger partial charge in [-0.15, -0.1) is 11.6 Å². The van der Waals surface area contributed by atoms with E-state index >= 15 is 0 Å². The van der Waals surface area contributed by atoms with E-state index in [9.17, 15) is 10.1 Å². The number of nitriles is 2. The molecule has 1 aromatic rings. The van der Waals surface area contributed by atoms with Gasteiger partial charge in [-0.1, -0.05) is 6.07 Å². The normalized spacial score (nSPS) is 9.28. The topological polar surface area (TPSA) is 94.0 Å². The Morgan fingerprint density at radius 2 is 1.94 bits per heavy atom. The molecule has 18 heavy (non-hydrogen) atoms. The van der Waals surface area contributed by atoms with E-state index in [-0.39, 0.29) is 30.3 Å². The van der Waals surface area contributed by atoms with Crippen LogP contribution in [0.25, 0.3) is 0 Å². The van der Waals surface area contributed by atoms with Gasteiger partial charge < -0.3 is 4.90 Å². The number of hydrogen-bond donors (Lipinski definition) is 0. The van der Waals surface area contributed by atoms with Crippen LogP contribution in [0.3, 0.4) is 0 Å². The minimum absolute atomic E-state index is 0.0887. The van der Waals surface area contributed by atoms with Crippen LogP contribution < -0.4 is 4.90 Å². The summed E-state index contributed by atoms with van der Waals surface area (Å²) in [5.74, 6) is 0.164. The average Bonchev–Trinajstić information content (AvgIpc) is 2.37. The van der Waals surface area contributed by atoms with Crippen molar-refractivity contribution in [3.05, 3.63) is 33.9 Å². The number of rotatable bonds is 5. The molecule has 0 aliphatic carbocycles. The summed E-state index contributed by atoms with van der Waals surface area (Å²) in [5.41, 5.74) is 0.705. The van der Waals surface area contributed by atoms with Crippen molar-refractivity contribution in [1.82, 2.24) is 0 Å². The van der Waals surface area contributed by atoms with Crippen molar-refractivity contribution in [2.45, 2.75) is 5.88 Å². The first-order valence-electron chi connectivity index (χ1n) is 4.96. The summed E-state index contributed by atoms with van der Waals surface area (Å²) >= 11 is 5.62. The van der Waals surface area contributed by atoms with Crippen LogP contribution in [-0.2, 0) is 5.88 Å². The zero-order valence-corrected chi connectivity index (χ0v) is 10.1. The van der Waals surface area contributed by atoms with Crippen LogP contribution in [0.15, 0.2) is 18.2 Å². The van der Waals surface area contributed by atoms with Gasteiger partial charge in [0.2, 0.25) is 0 Å². The third-order valence-corrected chi connectivity index (χ3v) is 2.56. The van der Waals surface area contributed by atoms with Crippen molar-refractivity contribution < 1.29 is 4.92 Å². The third kappa shape index (κ3) is 3.09. The van der Waals surface area contributed by atoms with E-state index < -0.39 is 4.92 Å². The van der Waals surface area contributed by atoms with E-state index in [4.69, 9.17) is 22.1 Å². The Balaban J connectivity index is 3.25. The average molecular weight is 265 g/mol. The molecule has 0 amide bonds. The first-order chi connectivity index (χ1) is 8.63. The fourth-order valence-corrected chi connectivity index (χ4v) is 1.63. The highest BCUT2D eigenvalue weighted by Crippen LogP contribution is 2.29. The van der Waals surface area contributed by atoms with E-state index in [0.29, 0.717) is 5.56 Å². The molecule has 0 fully saturated rings. The first kappa shape index (κ1) is 13.8. The van der Waals surface area contributed by atoms with Gasteiger partial charge in [0, 0.05) is 11.9 Å². The fourth-order valence-electron chi connectivity index (χ4n) is 1.46. The first-order valence-corrected chi connectivity index (χ1v) is 5.49. The van der Waals surface area contributed by atoms with Crippen LogP contribution in [0.2, 0.25) is 0 Å². The van der Waals surface area contributed by atoms with E-state index in [1.165, 1.54) is 17.0 Å². The zero-order chi connectivity index (χ0) is 13.5. The molecular weight excluding hydrogens is 256 g/mol. The summed E-state index contributed by atoms with van der Waals surface area (Å²) in [6, 6.07) is 8.24. The molecule has 92 valence electrons. The van der Waals surface area contributed by atoms with Crippen molar-refractivity contribution in [2.75, 3.05) is 18.0 Å². The lowest BCUT2D eigenvalue weighted by Gasteiger charge is -2.18. The summed E-state index contributed by atoms with van der Waals surface area (Å²) < 4.78 is 0. The molecule has 0 atom stereocenters. The Labute approximate surface area is 109 Å². The summed E-state index contributed by atoms with van der Waals surface area (Å²) in [4.78, 5) is 11.8. The summed E-state index contributed by atoms with van der Waals surface area (Å²) in [5, 5.41) is 28.3. The van der Waals surface area contributed by atoms with Gasteiger partial charge >= 0.3 is 0 Å². The molecule has 0 spiro atoms. The van der Waals surface area contributed by atoms with Crippen molar-refractivity contribution in [3.63, 3.8) is 0 Å². The Bertz CT molecular complexity index is 517. The van der Waals surface area contributed by atoms with E-state index in [0.717, 1.165) is 0 Å². The zero-order valence-electron chi connectivity index (χ0n) is 9.34. The van der Waals surface area contributed by atoms with Gasteiger partial charge in [-0.05, 0) is 11.6 Å². The van der Waals surface area contributed by atoms with E-state index in [1.807, 2.05) is 12.1 Å². The van der Waals surface area contributed by atoms with Crippen molar-refractivity contribution in [3.8, 4) is 12.1 Å². The maximum absolute atomic E-state index is 11.0. The molecule has 0 bridgehead atoms. The number of nitrogens with zero attached hydrogens (tertiary/aromatic N) is 4. The smallest absolute Gasteiger partial charge is 0.292 e. The van der Waals surface area contributed by atoms with Gasteiger partial charge in [0.1, 0.15) is 18.8 Å². The van der Waals surface area contributed by atoms with E-state index in [1.54, 1.807) is 6.07 Å². The maximum atomic E-state index is 11.0.